The van der Waals surface area contributed by atoms with Gasteiger partial charge < -0.3 is 5.11 Å². The Morgan fingerprint density at radius 1 is 1.17 bits per heavy atom. The van der Waals surface area contributed by atoms with Gasteiger partial charge in [-0.1, -0.05) is 41.4 Å². The molecule has 7 heteroatoms. The zero-order valence-corrected chi connectivity index (χ0v) is 14.0. The molecule has 23 heavy (non-hydrogen) atoms. The molecular formula is C16H16ClNO4S. The van der Waals surface area contributed by atoms with Gasteiger partial charge in [-0.05, 0) is 36.8 Å². The normalized spacial score (nSPS) is 11.6. The first-order valence-corrected chi connectivity index (χ1v) is 8.64. The number of aliphatic carboxylic acids is 1. The molecule has 1 N–H and O–H groups in total. The van der Waals surface area contributed by atoms with Crippen LogP contribution in [0, 0.1) is 6.92 Å². The molecule has 0 aliphatic heterocycles. The zero-order chi connectivity index (χ0) is 17.0. The number of sulfonamides is 1. The van der Waals surface area contributed by atoms with Gasteiger partial charge in [0.2, 0.25) is 10.0 Å². The van der Waals surface area contributed by atoms with E-state index in [9.17, 15) is 13.2 Å². The highest BCUT2D eigenvalue weighted by Crippen LogP contribution is 2.20. The van der Waals surface area contributed by atoms with Crippen molar-refractivity contribution in [2.45, 2.75) is 18.4 Å². The fraction of sp³-hybridized carbons (Fsp3) is 0.188. The molecule has 0 radical (unpaired) electrons. The number of carboxylic acids is 1. The second kappa shape index (κ2) is 7.12. The summed E-state index contributed by atoms with van der Waals surface area (Å²) in [6, 6.07) is 13.0. The van der Waals surface area contributed by atoms with Crippen LogP contribution in [0.4, 0.5) is 0 Å². The first-order valence-electron chi connectivity index (χ1n) is 6.82. The molecule has 0 aromatic heterocycles. The van der Waals surface area contributed by atoms with E-state index in [-0.39, 0.29) is 11.4 Å². The van der Waals surface area contributed by atoms with Crippen molar-refractivity contribution in [3.63, 3.8) is 0 Å². The third-order valence-electron chi connectivity index (χ3n) is 3.22. The molecule has 2 rings (SSSR count). The van der Waals surface area contributed by atoms with E-state index in [0.717, 1.165) is 9.87 Å². The molecule has 0 saturated carbocycles. The molecule has 122 valence electrons. The van der Waals surface area contributed by atoms with Gasteiger partial charge in [0, 0.05) is 11.6 Å². The number of carbonyl (C=O) groups is 1. The molecule has 0 saturated heterocycles. The Kier molecular flexibility index (Phi) is 5.41. The molecule has 0 aliphatic rings. The van der Waals surface area contributed by atoms with E-state index < -0.39 is 22.5 Å². The summed E-state index contributed by atoms with van der Waals surface area (Å²) in [7, 11) is -3.91. The summed E-state index contributed by atoms with van der Waals surface area (Å²) in [5.41, 5.74) is 1.54. The van der Waals surface area contributed by atoms with Crippen molar-refractivity contribution < 1.29 is 18.3 Å². The van der Waals surface area contributed by atoms with Gasteiger partial charge in [0.1, 0.15) is 6.54 Å². The quantitative estimate of drug-likeness (QED) is 0.866. The average molecular weight is 354 g/mol. The predicted octanol–water partition coefficient (Wildman–Crippen LogP) is 2.92. The first kappa shape index (κ1) is 17.5. The summed E-state index contributed by atoms with van der Waals surface area (Å²) in [4.78, 5) is 11.1. The number of hydrogen-bond acceptors (Lipinski definition) is 3. The van der Waals surface area contributed by atoms with Gasteiger partial charge in [-0.25, -0.2) is 8.42 Å². The van der Waals surface area contributed by atoms with Crippen LogP contribution in [0.1, 0.15) is 11.1 Å². The van der Waals surface area contributed by atoms with Gasteiger partial charge in [0.15, 0.2) is 0 Å². The Hall–Kier alpha value is -1.89. The maximum absolute atomic E-state index is 12.7. The van der Waals surface area contributed by atoms with Crippen LogP contribution in [0.25, 0.3) is 0 Å². The van der Waals surface area contributed by atoms with E-state index in [1.165, 1.54) is 12.1 Å². The van der Waals surface area contributed by atoms with Crippen LogP contribution in [0.3, 0.4) is 0 Å². The molecule has 5 nitrogen and oxygen atoms in total. The molecule has 0 heterocycles. The lowest BCUT2D eigenvalue weighted by Gasteiger charge is -2.20. The smallest absolute Gasteiger partial charge is 0.318 e. The topological polar surface area (TPSA) is 74.7 Å². The van der Waals surface area contributed by atoms with E-state index in [1.807, 2.05) is 6.92 Å². The van der Waals surface area contributed by atoms with Crippen LogP contribution < -0.4 is 0 Å². The van der Waals surface area contributed by atoms with Gasteiger partial charge in [-0.15, -0.1) is 0 Å². The zero-order valence-electron chi connectivity index (χ0n) is 12.4. The lowest BCUT2D eigenvalue weighted by Crippen LogP contribution is -2.35. The number of carboxylic acid groups (broad SMARTS) is 1. The van der Waals surface area contributed by atoms with Gasteiger partial charge in [0.05, 0.1) is 4.90 Å². The molecule has 0 bridgehead atoms. The minimum absolute atomic E-state index is 0.0615. The molecule has 2 aromatic rings. The molecule has 0 unspecified atom stereocenters. The maximum Gasteiger partial charge on any atom is 0.318 e. The SMILES string of the molecule is Cc1ccc(S(=O)(=O)N(CC(=O)O)Cc2cccc(Cl)c2)cc1. The van der Waals surface area contributed by atoms with Crippen molar-refractivity contribution in [3.05, 3.63) is 64.7 Å². The average Bonchev–Trinajstić information content (AvgIpc) is 2.46. The van der Waals surface area contributed by atoms with Crippen LogP contribution in [0.2, 0.25) is 5.02 Å². The third kappa shape index (κ3) is 4.54. The van der Waals surface area contributed by atoms with Gasteiger partial charge in [-0.3, -0.25) is 4.79 Å². The standard InChI is InChI=1S/C16H16ClNO4S/c1-12-5-7-15(8-6-12)23(21,22)18(11-16(19)20)10-13-3-2-4-14(17)9-13/h2-9H,10-11H2,1H3,(H,19,20). The van der Waals surface area contributed by atoms with Crippen LogP contribution in [-0.2, 0) is 21.4 Å². The highest BCUT2D eigenvalue weighted by Gasteiger charge is 2.26. The van der Waals surface area contributed by atoms with E-state index in [2.05, 4.69) is 0 Å². The number of hydrogen-bond donors (Lipinski definition) is 1. The van der Waals surface area contributed by atoms with Crippen molar-refractivity contribution in [2.24, 2.45) is 0 Å². The monoisotopic (exact) mass is 353 g/mol. The number of benzene rings is 2. The largest absolute Gasteiger partial charge is 0.480 e. The van der Waals surface area contributed by atoms with Crippen molar-refractivity contribution in [1.82, 2.24) is 4.31 Å². The second-order valence-electron chi connectivity index (χ2n) is 5.11. The molecule has 0 aliphatic carbocycles. The van der Waals surface area contributed by atoms with Gasteiger partial charge in [-0.2, -0.15) is 4.31 Å². The highest BCUT2D eigenvalue weighted by molar-refractivity contribution is 7.89. The van der Waals surface area contributed by atoms with Crippen LogP contribution in [0.5, 0.6) is 0 Å². The van der Waals surface area contributed by atoms with Crippen molar-refractivity contribution in [2.75, 3.05) is 6.54 Å². The van der Waals surface area contributed by atoms with E-state index >= 15 is 0 Å². The number of aryl methyl sites for hydroxylation is 1. The minimum Gasteiger partial charge on any atom is -0.480 e. The number of nitrogens with zero attached hydrogens (tertiary/aromatic N) is 1. The summed E-state index contributed by atoms with van der Waals surface area (Å²) in [6.07, 6.45) is 0. The van der Waals surface area contributed by atoms with E-state index in [0.29, 0.717) is 10.6 Å². The summed E-state index contributed by atoms with van der Waals surface area (Å²) < 4.78 is 26.3. The summed E-state index contributed by atoms with van der Waals surface area (Å²) in [5, 5.41) is 9.50. The maximum atomic E-state index is 12.7. The molecule has 2 aromatic carbocycles. The number of rotatable bonds is 6. The first-order chi connectivity index (χ1) is 10.8. The number of halogens is 1. The van der Waals surface area contributed by atoms with E-state index in [1.54, 1.807) is 36.4 Å². The van der Waals surface area contributed by atoms with Gasteiger partial charge >= 0.3 is 5.97 Å². The Morgan fingerprint density at radius 3 is 2.39 bits per heavy atom. The van der Waals surface area contributed by atoms with Crippen molar-refractivity contribution >= 4 is 27.6 Å². The summed E-state index contributed by atoms with van der Waals surface area (Å²) in [6.45, 7) is 1.16. The molecule has 0 amide bonds. The molecule has 0 spiro atoms. The molecular weight excluding hydrogens is 338 g/mol. The lowest BCUT2D eigenvalue weighted by molar-refractivity contribution is -0.137. The third-order valence-corrected chi connectivity index (χ3v) is 5.26. The molecule has 0 atom stereocenters. The highest BCUT2D eigenvalue weighted by atomic mass is 35.5. The predicted molar refractivity (Wildman–Crippen MR) is 87.9 cm³/mol. The van der Waals surface area contributed by atoms with Crippen molar-refractivity contribution in [3.8, 4) is 0 Å². The Labute approximate surface area is 140 Å². The fourth-order valence-corrected chi connectivity index (χ4v) is 3.67. The Morgan fingerprint density at radius 2 is 1.83 bits per heavy atom. The van der Waals surface area contributed by atoms with Crippen LogP contribution >= 0.6 is 11.6 Å². The molecule has 0 fully saturated rings. The van der Waals surface area contributed by atoms with Crippen molar-refractivity contribution in [1.29, 1.82) is 0 Å². The van der Waals surface area contributed by atoms with Crippen LogP contribution in [-0.4, -0.2) is 30.3 Å². The Bertz CT molecular complexity index is 803. The summed E-state index contributed by atoms with van der Waals surface area (Å²) >= 11 is 5.90. The fourth-order valence-electron chi connectivity index (χ4n) is 2.07. The minimum atomic E-state index is -3.91. The van der Waals surface area contributed by atoms with E-state index in [4.69, 9.17) is 16.7 Å². The van der Waals surface area contributed by atoms with Crippen LogP contribution in [0.15, 0.2) is 53.4 Å². The Balaban J connectivity index is 2.37. The second-order valence-corrected chi connectivity index (χ2v) is 7.48. The lowest BCUT2D eigenvalue weighted by atomic mass is 10.2. The summed E-state index contributed by atoms with van der Waals surface area (Å²) in [5.74, 6) is -1.22. The van der Waals surface area contributed by atoms with Gasteiger partial charge in [0.25, 0.3) is 0 Å².